The number of benzene rings is 1. The Kier molecular flexibility index (Phi) is 3.40. The summed E-state index contributed by atoms with van der Waals surface area (Å²) in [5, 5.41) is 2.73. The van der Waals surface area contributed by atoms with E-state index in [2.05, 4.69) is 15.3 Å². The third kappa shape index (κ3) is 2.57. The average Bonchev–Trinajstić information content (AvgIpc) is 2.97. The van der Waals surface area contributed by atoms with Crippen LogP contribution in [-0.2, 0) is 0 Å². The Morgan fingerprint density at radius 2 is 1.91 bits per heavy atom. The maximum atomic E-state index is 12.4. The zero-order valence-electron chi connectivity index (χ0n) is 12.9. The van der Waals surface area contributed by atoms with Gasteiger partial charge >= 0.3 is 5.76 Å². The van der Waals surface area contributed by atoms with Crippen LogP contribution in [0.4, 0.5) is 5.69 Å². The van der Waals surface area contributed by atoms with Crippen LogP contribution in [0.5, 0.6) is 0 Å². The van der Waals surface area contributed by atoms with Crippen LogP contribution in [0.2, 0.25) is 0 Å². The largest absolute Gasteiger partial charge is 0.417 e. The highest BCUT2D eigenvalue weighted by molar-refractivity contribution is 6.08. The van der Waals surface area contributed by atoms with Crippen molar-refractivity contribution in [3.63, 3.8) is 0 Å². The lowest BCUT2D eigenvalue weighted by molar-refractivity contribution is 0.101. The van der Waals surface area contributed by atoms with Crippen molar-refractivity contribution in [1.82, 2.24) is 9.97 Å². The van der Waals surface area contributed by atoms with E-state index >= 15 is 0 Å². The lowest BCUT2D eigenvalue weighted by Crippen LogP contribution is -2.13. The summed E-state index contributed by atoms with van der Waals surface area (Å²) in [6.45, 7) is 4.95. The molecule has 0 unspecified atom stereocenters. The molecule has 23 heavy (non-hydrogen) atoms. The number of hydrogen-bond acceptors (Lipinski definition) is 4. The van der Waals surface area contributed by atoms with E-state index in [0.717, 1.165) is 0 Å². The van der Waals surface area contributed by atoms with Crippen LogP contribution in [0.1, 0.15) is 39.0 Å². The Hall–Kier alpha value is -3.09. The number of nitrogens with one attached hydrogen (secondary N) is 3. The van der Waals surface area contributed by atoms with Crippen LogP contribution >= 0.6 is 0 Å². The predicted molar refractivity (Wildman–Crippen MR) is 85.1 cm³/mol. The quantitative estimate of drug-likeness (QED) is 0.646. The number of aryl methyl sites for hydroxylation is 1. The summed E-state index contributed by atoms with van der Waals surface area (Å²) in [5.41, 5.74) is 3.57. The molecule has 0 aliphatic heterocycles. The van der Waals surface area contributed by atoms with Gasteiger partial charge in [0.25, 0.3) is 5.91 Å². The molecule has 0 spiro atoms. The molecular weight excluding hydrogens is 298 g/mol. The van der Waals surface area contributed by atoms with Gasteiger partial charge in [0.2, 0.25) is 0 Å². The Labute approximate surface area is 130 Å². The average molecular weight is 313 g/mol. The number of anilines is 1. The first-order valence-electron chi connectivity index (χ1n) is 7.01. The minimum Gasteiger partial charge on any atom is -0.408 e. The van der Waals surface area contributed by atoms with E-state index in [9.17, 15) is 14.4 Å². The summed E-state index contributed by atoms with van der Waals surface area (Å²) in [6.07, 6.45) is 0. The van der Waals surface area contributed by atoms with Gasteiger partial charge in [0, 0.05) is 16.9 Å². The number of Topliss-reactive ketones (excluding diaryl/α,β-unsaturated/α-hetero) is 1. The van der Waals surface area contributed by atoms with Crippen molar-refractivity contribution in [3.05, 3.63) is 51.3 Å². The molecule has 0 saturated carbocycles. The minimum absolute atomic E-state index is 0.0901. The van der Waals surface area contributed by atoms with Gasteiger partial charge in [-0.2, -0.15) is 0 Å². The number of carbonyl (C=O) groups excluding carboxylic acids is 2. The first-order chi connectivity index (χ1) is 10.9. The molecule has 2 heterocycles. The molecule has 0 saturated heterocycles. The molecule has 1 amide bonds. The standard InChI is InChI=1S/C16H15N3O4/c1-7-13(9(3)20)8(2)17-14(7)15(21)18-10-4-5-12-11(6-10)19-16(22)23-12/h4-6,17H,1-3H3,(H,18,21)(H,19,22). The predicted octanol–water partition coefficient (Wildman–Crippen LogP) is 2.52. The van der Waals surface area contributed by atoms with Crippen LogP contribution in [0, 0.1) is 13.8 Å². The van der Waals surface area contributed by atoms with Gasteiger partial charge in [-0.05, 0) is 44.5 Å². The molecule has 0 radical (unpaired) electrons. The van der Waals surface area contributed by atoms with Crippen molar-refractivity contribution in [2.24, 2.45) is 0 Å². The van der Waals surface area contributed by atoms with E-state index in [0.29, 0.717) is 39.3 Å². The minimum atomic E-state index is -0.551. The second-order valence-corrected chi connectivity index (χ2v) is 5.36. The van der Waals surface area contributed by atoms with Crippen molar-refractivity contribution in [2.75, 3.05) is 5.32 Å². The molecule has 3 rings (SSSR count). The number of ketones is 1. The van der Waals surface area contributed by atoms with E-state index in [4.69, 9.17) is 4.42 Å². The Morgan fingerprint density at radius 1 is 1.17 bits per heavy atom. The van der Waals surface area contributed by atoms with Gasteiger partial charge in [-0.25, -0.2) is 4.79 Å². The molecule has 7 nitrogen and oxygen atoms in total. The number of hydrogen-bond donors (Lipinski definition) is 3. The van der Waals surface area contributed by atoms with Gasteiger partial charge in [-0.3, -0.25) is 14.6 Å². The molecule has 0 aliphatic carbocycles. The summed E-state index contributed by atoms with van der Waals surface area (Å²) in [5.74, 6) is -0.999. The smallest absolute Gasteiger partial charge is 0.408 e. The second kappa shape index (κ2) is 5.28. The molecule has 3 aromatic rings. The number of aromatic amines is 2. The molecule has 0 atom stereocenters. The summed E-state index contributed by atoms with van der Waals surface area (Å²) in [6, 6.07) is 4.83. The fraction of sp³-hybridized carbons (Fsp3) is 0.188. The van der Waals surface area contributed by atoms with Crippen LogP contribution in [0.3, 0.4) is 0 Å². The number of carbonyl (C=O) groups is 2. The van der Waals surface area contributed by atoms with E-state index < -0.39 is 5.76 Å². The number of amides is 1. The van der Waals surface area contributed by atoms with E-state index in [1.807, 2.05) is 0 Å². The van der Waals surface area contributed by atoms with Gasteiger partial charge in [0.05, 0.1) is 5.52 Å². The van der Waals surface area contributed by atoms with Crippen molar-refractivity contribution in [3.8, 4) is 0 Å². The fourth-order valence-electron chi connectivity index (χ4n) is 2.73. The van der Waals surface area contributed by atoms with Gasteiger partial charge in [-0.15, -0.1) is 0 Å². The van der Waals surface area contributed by atoms with Crippen LogP contribution < -0.4 is 11.1 Å². The van der Waals surface area contributed by atoms with Gasteiger partial charge in [0.15, 0.2) is 11.4 Å². The summed E-state index contributed by atoms with van der Waals surface area (Å²) < 4.78 is 4.91. The first kappa shape index (κ1) is 14.8. The van der Waals surface area contributed by atoms with Gasteiger partial charge in [0.1, 0.15) is 5.69 Å². The highest BCUT2D eigenvalue weighted by Crippen LogP contribution is 2.21. The SMILES string of the molecule is CC(=O)c1c(C)[nH]c(C(=O)Nc2ccc3oc(=O)[nH]c3c2)c1C. The summed E-state index contributed by atoms with van der Waals surface area (Å²) in [7, 11) is 0. The van der Waals surface area contributed by atoms with Crippen molar-refractivity contribution < 1.29 is 14.0 Å². The maximum absolute atomic E-state index is 12.4. The van der Waals surface area contributed by atoms with Crippen molar-refractivity contribution in [2.45, 2.75) is 20.8 Å². The fourth-order valence-corrected chi connectivity index (χ4v) is 2.73. The van der Waals surface area contributed by atoms with Gasteiger partial charge < -0.3 is 14.7 Å². The van der Waals surface area contributed by atoms with Crippen molar-refractivity contribution >= 4 is 28.5 Å². The topological polar surface area (TPSA) is 108 Å². The monoisotopic (exact) mass is 313 g/mol. The van der Waals surface area contributed by atoms with E-state index in [1.165, 1.54) is 6.92 Å². The highest BCUT2D eigenvalue weighted by atomic mass is 16.4. The molecule has 2 aromatic heterocycles. The van der Waals surface area contributed by atoms with Crippen LogP contribution in [0.15, 0.2) is 27.4 Å². The molecule has 0 bridgehead atoms. The Bertz CT molecular complexity index is 991. The number of H-pyrrole nitrogens is 2. The van der Waals surface area contributed by atoms with Crippen molar-refractivity contribution in [1.29, 1.82) is 0 Å². The third-order valence-electron chi connectivity index (χ3n) is 3.69. The number of rotatable bonds is 3. The zero-order chi connectivity index (χ0) is 16.7. The van der Waals surface area contributed by atoms with E-state index in [1.54, 1.807) is 32.0 Å². The lowest BCUT2D eigenvalue weighted by Gasteiger charge is -2.05. The lowest BCUT2D eigenvalue weighted by atomic mass is 10.1. The summed E-state index contributed by atoms with van der Waals surface area (Å²) >= 11 is 0. The molecule has 0 fully saturated rings. The Balaban J connectivity index is 1.93. The zero-order valence-corrected chi connectivity index (χ0v) is 12.9. The molecule has 118 valence electrons. The molecule has 3 N–H and O–H groups in total. The highest BCUT2D eigenvalue weighted by Gasteiger charge is 2.20. The Morgan fingerprint density at radius 3 is 2.57 bits per heavy atom. The maximum Gasteiger partial charge on any atom is 0.417 e. The van der Waals surface area contributed by atoms with Crippen LogP contribution in [0.25, 0.3) is 11.1 Å². The second-order valence-electron chi connectivity index (χ2n) is 5.36. The molecule has 1 aromatic carbocycles. The number of fused-ring (bicyclic) bond motifs is 1. The summed E-state index contributed by atoms with van der Waals surface area (Å²) in [4.78, 5) is 40.7. The molecular formula is C16H15N3O4. The van der Waals surface area contributed by atoms with Gasteiger partial charge in [-0.1, -0.05) is 0 Å². The first-order valence-corrected chi connectivity index (χ1v) is 7.01. The molecule has 7 heteroatoms. The van der Waals surface area contributed by atoms with E-state index in [-0.39, 0.29) is 11.7 Å². The third-order valence-corrected chi connectivity index (χ3v) is 3.69. The molecule has 0 aliphatic rings. The number of aromatic nitrogens is 2. The number of oxazole rings is 1. The van der Waals surface area contributed by atoms with Crippen LogP contribution in [-0.4, -0.2) is 21.7 Å². The normalized spacial score (nSPS) is 10.9.